The van der Waals surface area contributed by atoms with E-state index in [1.165, 1.54) is 0 Å². The molecule has 1 aromatic rings. The Kier molecular flexibility index (Phi) is 3.39. The minimum absolute atomic E-state index is 0.208. The third-order valence-electron chi connectivity index (χ3n) is 1.23. The van der Waals surface area contributed by atoms with Gasteiger partial charge in [0, 0.05) is 22.5 Å². The highest BCUT2D eigenvalue weighted by Crippen LogP contribution is 2.20. The number of aromatic nitrogens is 1. The molecule has 0 saturated heterocycles. The minimum atomic E-state index is 0.208. The molecule has 0 aromatic carbocycles. The third kappa shape index (κ3) is 2.91. The normalized spacial score (nSPS) is 12.9. The topological polar surface area (TPSA) is 33.1 Å². The van der Waals surface area contributed by atoms with Crippen molar-refractivity contribution in [2.24, 2.45) is 0 Å². The van der Waals surface area contributed by atoms with Crippen LogP contribution in [0.5, 0.6) is 0 Å². The fourth-order valence-corrected chi connectivity index (χ4v) is 1.50. The molecule has 0 amide bonds. The molecule has 1 N–H and O–H groups in total. The van der Waals surface area contributed by atoms with Gasteiger partial charge in [0.1, 0.15) is 0 Å². The van der Waals surface area contributed by atoms with Crippen LogP contribution < -0.4 is 0 Å². The largest absolute Gasteiger partial charge is 0.395 e. The van der Waals surface area contributed by atoms with Gasteiger partial charge in [0.2, 0.25) is 0 Å². The molecule has 1 unspecified atom stereocenters. The number of pyridine rings is 1. The molecule has 1 aromatic heterocycles. The fraction of sp³-hybridized carbons (Fsp3) is 0.375. The van der Waals surface area contributed by atoms with Gasteiger partial charge in [0.25, 0.3) is 0 Å². The maximum absolute atomic E-state index is 8.75. The lowest BCUT2D eigenvalue weighted by atomic mass is 10.5. The number of hydrogen-bond donors (Lipinski definition) is 1. The van der Waals surface area contributed by atoms with Gasteiger partial charge in [-0.05, 0) is 12.1 Å². The predicted octanol–water partition coefficient (Wildman–Crippen LogP) is 1.55. The first-order valence-electron chi connectivity index (χ1n) is 3.50. The summed E-state index contributed by atoms with van der Waals surface area (Å²) < 4.78 is 0. The van der Waals surface area contributed by atoms with E-state index in [-0.39, 0.29) is 11.9 Å². The molecule has 0 bridgehead atoms. The maximum Gasteiger partial charge on any atom is 0.0550 e. The van der Waals surface area contributed by atoms with Gasteiger partial charge < -0.3 is 5.11 Å². The van der Waals surface area contributed by atoms with E-state index in [1.54, 1.807) is 24.2 Å². The molecule has 0 saturated carbocycles. The number of aliphatic hydroxyl groups is 1. The molecule has 1 rings (SSSR count). The van der Waals surface area contributed by atoms with Gasteiger partial charge in [-0.3, -0.25) is 4.98 Å². The van der Waals surface area contributed by atoms with Crippen LogP contribution in [0.25, 0.3) is 0 Å². The van der Waals surface area contributed by atoms with Gasteiger partial charge in [-0.2, -0.15) is 0 Å². The van der Waals surface area contributed by atoms with E-state index in [1.807, 2.05) is 19.1 Å². The Bertz CT molecular complexity index is 203. The smallest absolute Gasteiger partial charge is 0.0550 e. The monoisotopic (exact) mass is 169 g/mol. The zero-order valence-electron chi connectivity index (χ0n) is 6.40. The van der Waals surface area contributed by atoms with Crippen LogP contribution in [0, 0.1) is 0 Å². The highest BCUT2D eigenvalue weighted by molar-refractivity contribution is 8.00. The summed E-state index contributed by atoms with van der Waals surface area (Å²) in [4.78, 5) is 5.08. The van der Waals surface area contributed by atoms with Crippen molar-refractivity contribution in [2.75, 3.05) is 6.61 Å². The summed E-state index contributed by atoms with van der Waals surface area (Å²) in [5.74, 6) is 0. The van der Waals surface area contributed by atoms with Gasteiger partial charge in [0.05, 0.1) is 6.61 Å². The number of rotatable bonds is 3. The van der Waals surface area contributed by atoms with E-state index in [0.717, 1.165) is 4.90 Å². The second-order valence-electron chi connectivity index (χ2n) is 2.30. The van der Waals surface area contributed by atoms with E-state index < -0.39 is 0 Å². The van der Waals surface area contributed by atoms with Crippen molar-refractivity contribution in [1.29, 1.82) is 0 Å². The zero-order valence-corrected chi connectivity index (χ0v) is 7.21. The van der Waals surface area contributed by atoms with Crippen molar-refractivity contribution in [3.63, 3.8) is 0 Å². The molecule has 60 valence electrons. The van der Waals surface area contributed by atoms with Gasteiger partial charge in [-0.25, -0.2) is 0 Å². The molecule has 0 radical (unpaired) electrons. The number of thioether (sulfide) groups is 1. The Morgan fingerprint density at radius 2 is 2.55 bits per heavy atom. The van der Waals surface area contributed by atoms with Crippen LogP contribution in [-0.4, -0.2) is 21.9 Å². The summed E-state index contributed by atoms with van der Waals surface area (Å²) in [5, 5.41) is 9.00. The number of nitrogens with zero attached hydrogens (tertiary/aromatic N) is 1. The van der Waals surface area contributed by atoms with Crippen molar-refractivity contribution in [3.8, 4) is 0 Å². The summed E-state index contributed by atoms with van der Waals surface area (Å²) in [6.07, 6.45) is 3.55. The molecule has 11 heavy (non-hydrogen) atoms. The van der Waals surface area contributed by atoms with Crippen molar-refractivity contribution < 1.29 is 5.11 Å². The second-order valence-corrected chi connectivity index (χ2v) is 3.81. The lowest BCUT2D eigenvalue weighted by Gasteiger charge is -2.05. The van der Waals surface area contributed by atoms with E-state index >= 15 is 0 Å². The molecule has 0 aliphatic heterocycles. The highest BCUT2D eigenvalue weighted by atomic mass is 32.2. The number of aliphatic hydroxyl groups excluding tert-OH is 1. The molecule has 3 heteroatoms. The van der Waals surface area contributed by atoms with Crippen LogP contribution >= 0.6 is 11.8 Å². The minimum Gasteiger partial charge on any atom is -0.395 e. The Hall–Kier alpha value is -0.540. The van der Waals surface area contributed by atoms with Crippen LogP contribution in [0.15, 0.2) is 29.4 Å². The molecule has 1 atom stereocenters. The van der Waals surface area contributed by atoms with Gasteiger partial charge in [0.15, 0.2) is 0 Å². The number of hydrogen-bond acceptors (Lipinski definition) is 3. The lowest BCUT2D eigenvalue weighted by Crippen LogP contribution is -2.01. The summed E-state index contributed by atoms with van der Waals surface area (Å²) in [6, 6.07) is 3.89. The van der Waals surface area contributed by atoms with Crippen LogP contribution in [-0.2, 0) is 0 Å². The SMILES string of the molecule is CC(CO)Sc1cccnc1. The standard InChI is InChI=1S/C8H11NOS/c1-7(6-10)11-8-3-2-4-9-5-8/h2-5,7,10H,6H2,1H3. The molecule has 2 nitrogen and oxygen atoms in total. The first-order valence-corrected chi connectivity index (χ1v) is 4.38. The fourth-order valence-electron chi connectivity index (χ4n) is 0.686. The van der Waals surface area contributed by atoms with Crippen LogP contribution in [0.4, 0.5) is 0 Å². The van der Waals surface area contributed by atoms with Crippen molar-refractivity contribution >= 4 is 11.8 Å². The summed E-state index contributed by atoms with van der Waals surface area (Å²) in [5.41, 5.74) is 0. The van der Waals surface area contributed by atoms with E-state index in [9.17, 15) is 0 Å². The Labute approximate surface area is 70.7 Å². The first kappa shape index (κ1) is 8.56. The molecule has 0 aliphatic rings. The van der Waals surface area contributed by atoms with E-state index in [0.29, 0.717) is 0 Å². The van der Waals surface area contributed by atoms with Gasteiger partial charge in [-0.15, -0.1) is 11.8 Å². The molecule has 0 spiro atoms. The molecular formula is C8H11NOS. The second kappa shape index (κ2) is 4.36. The van der Waals surface area contributed by atoms with Crippen LogP contribution in [0.2, 0.25) is 0 Å². The van der Waals surface area contributed by atoms with Crippen molar-refractivity contribution in [3.05, 3.63) is 24.5 Å². The Morgan fingerprint density at radius 3 is 3.09 bits per heavy atom. The molecule has 0 aliphatic carbocycles. The van der Waals surface area contributed by atoms with Crippen LogP contribution in [0.3, 0.4) is 0 Å². The predicted molar refractivity (Wildman–Crippen MR) is 46.6 cm³/mol. The van der Waals surface area contributed by atoms with E-state index in [2.05, 4.69) is 4.98 Å². The van der Waals surface area contributed by atoms with Crippen molar-refractivity contribution in [1.82, 2.24) is 4.98 Å². The third-order valence-corrected chi connectivity index (χ3v) is 2.29. The quantitative estimate of drug-likeness (QED) is 0.697. The summed E-state index contributed by atoms with van der Waals surface area (Å²) in [7, 11) is 0. The Balaban J connectivity index is 2.51. The molecule has 0 fully saturated rings. The lowest BCUT2D eigenvalue weighted by molar-refractivity contribution is 0.300. The summed E-state index contributed by atoms with van der Waals surface area (Å²) in [6.45, 7) is 2.19. The maximum atomic E-state index is 8.75. The first-order chi connectivity index (χ1) is 5.33. The van der Waals surface area contributed by atoms with Crippen molar-refractivity contribution in [2.45, 2.75) is 17.1 Å². The van der Waals surface area contributed by atoms with Gasteiger partial charge >= 0.3 is 0 Å². The molecule has 1 heterocycles. The molecular weight excluding hydrogens is 158 g/mol. The summed E-state index contributed by atoms with van der Waals surface area (Å²) >= 11 is 1.63. The Morgan fingerprint density at radius 1 is 1.73 bits per heavy atom. The van der Waals surface area contributed by atoms with Gasteiger partial charge in [-0.1, -0.05) is 6.92 Å². The van der Waals surface area contributed by atoms with Crippen LogP contribution in [0.1, 0.15) is 6.92 Å². The zero-order chi connectivity index (χ0) is 8.10. The van der Waals surface area contributed by atoms with E-state index in [4.69, 9.17) is 5.11 Å². The highest BCUT2D eigenvalue weighted by Gasteiger charge is 2.00. The average molecular weight is 169 g/mol. The average Bonchev–Trinajstić information content (AvgIpc) is 2.06.